The number of benzene rings is 2. The molecule has 0 saturated heterocycles. The highest BCUT2D eigenvalue weighted by atomic mass is 35.5. The Hall–Kier alpha value is -2.65. The van der Waals surface area contributed by atoms with Crippen LogP contribution in [0.1, 0.15) is 36.8 Å². The molecule has 0 radical (unpaired) electrons. The van der Waals surface area contributed by atoms with E-state index in [0.717, 1.165) is 48.5 Å². The Kier molecular flexibility index (Phi) is 7.66. The average Bonchev–Trinajstić information content (AvgIpc) is 2.81. The Labute approximate surface area is 206 Å². The molecule has 1 fully saturated rings. The van der Waals surface area contributed by atoms with Gasteiger partial charge in [0.25, 0.3) is 0 Å². The van der Waals surface area contributed by atoms with Crippen molar-refractivity contribution < 1.29 is 17.6 Å². The summed E-state index contributed by atoms with van der Waals surface area (Å²) in [5.74, 6) is 1.00. The molecule has 0 bridgehead atoms. The fraction of sp³-hybridized carbons (Fsp3) is 0.440. The smallest absolute Gasteiger partial charge is 0.362 e. The monoisotopic (exact) mass is 509 g/mol. The van der Waals surface area contributed by atoms with Crippen LogP contribution in [0.15, 0.2) is 36.4 Å². The summed E-state index contributed by atoms with van der Waals surface area (Å²) in [5, 5.41) is 7.05. The molecule has 0 atom stereocenters. The molecule has 1 heterocycles. The summed E-state index contributed by atoms with van der Waals surface area (Å²) in [7, 11) is 3.91. The van der Waals surface area contributed by atoms with Crippen molar-refractivity contribution in [3.63, 3.8) is 0 Å². The lowest BCUT2D eigenvalue weighted by Crippen LogP contribution is -2.32. The first-order valence-electron chi connectivity index (χ1n) is 11.6. The summed E-state index contributed by atoms with van der Waals surface area (Å²) in [6.07, 6.45) is -0.859. The van der Waals surface area contributed by atoms with Crippen LogP contribution >= 0.6 is 11.6 Å². The number of hydrogen-bond acceptors (Lipinski definition) is 5. The fourth-order valence-electron chi connectivity index (χ4n) is 4.51. The minimum atomic E-state index is -4.57. The van der Waals surface area contributed by atoms with Gasteiger partial charge >= 0.3 is 6.18 Å². The van der Waals surface area contributed by atoms with Crippen LogP contribution in [0.4, 0.5) is 29.3 Å². The minimum Gasteiger partial charge on any atom is -0.362 e. The molecule has 1 saturated carbocycles. The average molecular weight is 510 g/mol. The first-order chi connectivity index (χ1) is 16.6. The van der Waals surface area contributed by atoms with Crippen LogP contribution < -0.4 is 15.5 Å². The van der Waals surface area contributed by atoms with Crippen molar-refractivity contribution in [1.29, 1.82) is 0 Å². The van der Waals surface area contributed by atoms with Gasteiger partial charge in [0.05, 0.1) is 16.1 Å². The lowest BCUT2D eigenvalue weighted by Gasteiger charge is -2.29. The van der Waals surface area contributed by atoms with E-state index >= 15 is 0 Å². The number of hydrogen-bond donors (Lipinski definition) is 2. The third-order valence-corrected chi connectivity index (χ3v) is 6.64. The molecule has 1 aromatic heterocycles. The molecule has 35 heavy (non-hydrogen) atoms. The van der Waals surface area contributed by atoms with Gasteiger partial charge in [0.1, 0.15) is 11.6 Å². The first-order valence-corrected chi connectivity index (χ1v) is 12.0. The second-order valence-corrected chi connectivity index (χ2v) is 9.61. The molecule has 10 heteroatoms. The zero-order valence-corrected chi connectivity index (χ0v) is 20.3. The van der Waals surface area contributed by atoms with Crippen molar-refractivity contribution in [3.8, 4) is 0 Å². The van der Waals surface area contributed by atoms with E-state index in [-0.39, 0.29) is 18.2 Å². The van der Waals surface area contributed by atoms with Crippen molar-refractivity contribution >= 4 is 34.3 Å². The molecule has 0 spiro atoms. The molecule has 1 aliphatic carbocycles. The molecule has 5 nitrogen and oxygen atoms in total. The highest BCUT2D eigenvalue weighted by Gasteiger charge is 2.32. The van der Waals surface area contributed by atoms with E-state index < -0.39 is 22.6 Å². The highest BCUT2D eigenvalue weighted by Crippen LogP contribution is 2.34. The standard InChI is InChI=1S/C25H28ClF4N5/c1-35(2)23-19-5-3-4-6-21(19)33-24(34-23)32-18-9-7-15(8-10-18)13-31-14-16-11-17(25(28,29)30)12-20(26)22(16)27/h3-6,11-12,15,18,31H,7-10,13-14H2,1-2H3,(H,32,33,34). The Morgan fingerprint density at radius 2 is 1.77 bits per heavy atom. The van der Waals surface area contributed by atoms with Crippen molar-refractivity contribution in [1.82, 2.24) is 15.3 Å². The second-order valence-electron chi connectivity index (χ2n) is 9.20. The van der Waals surface area contributed by atoms with Crippen LogP contribution in [0.2, 0.25) is 5.02 Å². The Morgan fingerprint density at radius 1 is 1.06 bits per heavy atom. The van der Waals surface area contributed by atoms with Crippen molar-refractivity contribution in [2.45, 2.75) is 44.4 Å². The van der Waals surface area contributed by atoms with Crippen LogP contribution in [-0.2, 0) is 12.7 Å². The zero-order chi connectivity index (χ0) is 25.2. The van der Waals surface area contributed by atoms with E-state index in [1.54, 1.807) is 0 Å². The molecule has 0 amide bonds. The third-order valence-electron chi connectivity index (χ3n) is 6.37. The molecule has 4 rings (SSSR count). The zero-order valence-electron chi connectivity index (χ0n) is 19.6. The quantitative estimate of drug-likeness (QED) is 0.368. The van der Waals surface area contributed by atoms with Crippen molar-refractivity contribution in [3.05, 3.63) is 58.4 Å². The van der Waals surface area contributed by atoms with E-state index in [2.05, 4.69) is 15.6 Å². The van der Waals surface area contributed by atoms with Crippen molar-refractivity contribution in [2.75, 3.05) is 30.9 Å². The van der Waals surface area contributed by atoms with Gasteiger partial charge in [-0.05, 0) is 62.4 Å². The molecular weight excluding hydrogens is 482 g/mol. The number of anilines is 2. The van der Waals surface area contributed by atoms with Gasteiger partial charge in [-0.2, -0.15) is 18.2 Å². The van der Waals surface area contributed by atoms with Crippen molar-refractivity contribution in [2.24, 2.45) is 5.92 Å². The lowest BCUT2D eigenvalue weighted by atomic mass is 9.86. The van der Waals surface area contributed by atoms with Crippen LogP contribution in [0, 0.1) is 11.7 Å². The van der Waals surface area contributed by atoms with Crippen LogP contribution in [0.5, 0.6) is 0 Å². The summed E-state index contributed by atoms with van der Waals surface area (Å²) in [6.45, 7) is 0.586. The van der Waals surface area contributed by atoms with E-state index in [4.69, 9.17) is 16.6 Å². The predicted octanol–water partition coefficient (Wildman–Crippen LogP) is 6.27. The van der Waals surface area contributed by atoms with E-state index in [1.165, 1.54) is 0 Å². The Balaban J connectivity index is 1.31. The maximum atomic E-state index is 14.2. The topological polar surface area (TPSA) is 53.1 Å². The largest absolute Gasteiger partial charge is 0.416 e. The molecular formula is C25H28ClF4N5. The summed E-state index contributed by atoms with van der Waals surface area (Å²) in [4.78, 5) is 11.3. The van der Waals surface area contributed by atoms with E-state index in [1.807, 2.05) is 43.3 Å². The number of nitrogens with one attached hydrogen (secondary N) is 2. The van der Waals surface area contributed by atoms with E-state index in [9.17, 15) is 17.6 Å². The summed E-state index contributed by atoms with van der Waals surface area (Å²) in [6, 6.07) is 9.58. The minimum absolute atomic E-state index is 0.00804. The van der Waals surface area contributed by atoms with Crippen LogP contribution in [0.25, 0.3) is 10.9 Å². The predicted molar refractivity (Wildman–Crippen MR) is 131 cm³/mol. The van der Waals surface area contributed by atoms with Crippen LogP contribution in [-0.4, -0.2) is 36.6 Å². The normalized spacial score (nSPS) is 18.6. The fourth-order valence-corrected chi connectivity index (χ4v) is 4.75. The summed E-state index contributed by atoms with van der Waals surface area (Å²) >= 11 is 5.67. The molecule has 188 valence electrons. The number of rotatable bonds is 7. The summed E-state index contributed by atoms with van der Waals surface area (Å²) in [5.41, 5.74) is -0.139. The molecule has 0 unspecified atom stereocenters. The Morgan fingerprint density at radius 3 is 2.46 bits per heavy atom. The molecule has 2 aromatic carbocycles. The number of nitrogens with zero attached hydrogens (tertiary/aromatic N) is 3. The molecule has 2 N–H and O–H groups in total. The van der Waals surface area contributed by atoms with Gasteiger partial charge in [0.15, 0.2) is 0 Å². The van der Waals surface area contributed by atoms with Gasteiger partial charge in [-0.1, -0.05) is 23.7 Å². The Bertz CT molecular complexity index is 1180. The van der Waals surface area contributed by atoms with Crippen LogP contribution in [0.3, 0.4) is 0 Å². The van der Waals surface area contributed by atoms with Gasteiger partial charge in [0, 0.05) is 37.6 Å². The van der Waals surface area contributed by atoms with Gasteiger partial charge in [-0.3, -0.25) is 0 Å². The maximum absolute atomic E-state index is 14.2. The number of fused-ring (bicyclic) bond motifs is 1. The maximum Gasteiger partial charge on any atom is 0.416 e. The number of alkyl halides is 3. The molecule has 3 aromatic rings. The molecule has 1 aliphatic rings. The lowest BCUT2D eigenvalue weighted by molar-refractivity contribution is -0.137. The van der Waals surface area contributed by atoms with Gasteiger partial charge < -0.3 is 15.5 Å². The molecule has 0 aliphatic heterocycles. The van der Waals surface area contributed by atoms with Gasteiger partial charge in [-0.25, -0.2) is 9.37 Å². The highest BCUT2D eigenvalue weighted by molar-refractivity contribution is 6.30. The second kappa shape index (κ2) is 10.5. The van der Waals surface area contributed by atoms with Gasteiger partial charge in [-0.15, -0.1) is 0 Å². The number of para-hydroxylation sites is 1. The SMILES string of the molecule is CN(C)c1nc(NC2CCC(CNCc3cc(C(F)(F)F)cc(Cl)c3F)CC2)nc2ccccc12. The third kappa shape index (κ3) is 6.13. The van der Waals surface area contributed by atoms with E-state index in [0.29, 0.717) is 24.5 Å². The first kappa shape index (κ1) is 25.4. The number of aromatic nitrogens is 2. The van der Waals surface area contributed by atoms with Gasteiger partial charge in [0.2, 0.25) is 5.95 Å². The number of halogens is 5. The summed E-state index contributed by atoms with van der Waals surface area (Å²) < 4.78 is 53.2.